The normalized spacial score (nSPS) is 22.3. The lowest BCUT2D eigenvalue weighted by atomic mass is 9.97. The number of hydrogen-bond donors (Lipinski definition) is 1. The summed E-state index contributed by atoms with van der Waals surface area (Å²) in [7, 11) is 2.02. The van der Waals surface area contributed by atoms with E-state index in [1.54, 1.807) is 6.07 Å². The fourth-order valence-corrected chi connectivity index (χ4v) is 4.08. The molecule has 19 heavy (non-hydrogen) atoms. The lowest BCUT2D eigenvalue weighted by Crippen LogP contribution is -2.32. The smallest absolute Gasteiger partial charge is 0.124 e. The molecule has 1 unspecified atom stereocenters. The molecule has 0 aliphatic heterocycles. The van der Waals surface area contributed by atoms with Gasteiger partial charge in [0.1, 0.15) is 5.82 Å². The third kappa shape index (κ3) is 2.47. The summed E-state index contributed by atoms with van der Waals surface area (Å²) in [6.07, 6.45) is 0.925. The second kappa shape index (κ2) is 4.85. The van der Waals surface area contributed by atoms with Gasteiger partial charge >= 0.3 is 0 Å². The van der Waals surface area contributed by atoms with E-state index in [0.29, 0.717) is 22.8 Å². The topological polar surface area (TPSA) is 12.0 Å². The van der Waals surface area contributed by atoms with Gasteiger partial charge in [-0.2, -0.15) is 0 Å². The minimum atomic E-state index is -0.191. The molecule has 0 aromatic heterocycles. The van der Waals surface area contributed by atoms with Crippen LogP contribution in [0, 0.1) is 22.6 Å². The van der Waals surface area contributed by atoms with Gasteiger partial charge in [-0.1, -0.05) is 49.7 Å². The molecule has 106 valence electrons. The molecule has 0 radical (unpaired) electrons. The number of hydrogen-bond acceptors (Lipinski definition) is 1. The van der Waals surface area contributed by atoms with Crippen LogP contribution in [0.1, 0.15) is 33.3 Å². The van der Waals surface area contributed by atoms with Gasteiger partial charge in [0.25, 0.3) is 0 Å². The van der Waals surface area contributed by atoms with Crippen LogP contribution in [0.4, 0.5) is 4.39 Å². The predicted octanol–water partition coefficient (Wildman–Crippen LogP) is 4.40. The third-order valence-electron chi connectivity index (χ3n) is 5.36. The average Bonchev–Trinajstić information content (AvgIpc) is 2.70. The van der Waals surface area contributed by atoms with Crippen LogP contribution in [-0.4, -0.2) is 13.1 Å². The molecule has 0 spiro atoms. The maximum absolute atomic E-state index is 13.1. The van der Waals surface area contributed by atoms with Crippen molar-refractivity contribution in [2.45, 2.75) is 40.2 Å². The van der Waals surface area contributed by atoms with Crippen molar-refractivity contribution < 1.29 is 4.39 Å². The van der Waals surface area contributed by atoms with Crippen LogP contribution in [0.15, 0.2) is 22.7 Å². The molecule has 1 atom stereocenters. The van der Waals surface area contributed by atoms with E-state index in [-0.39, 0.29) is 5.82 Å². The summed E-state index contributed by atoms with van der Waals surface area (Å²) < 4.78 is 14.0. The van der Waals surface area contributed by atoms with Gasteiger partial charge in [-0.3, -0.25) is 0 Å². The molecule has 3 heteroatoms. The molecule has 1 N–H and O–H groups in total. The third-order valence-corrected chi connectivity index (χ3v) is 6.10. The first kappa shape index (κ1) is 15.0. The van der Waals surface area contributed by atoms with E-state index in [2.05, 4.69) is 48.9 Å². The molecule has 1 fully saturated rings. The van der Waals surface area contributed by atoms with Gasteiger partial charge in [-0.05, 0) is 47.9 Å². The highest BCUT2D eigenvalue weighted by molar-refractivity contribution is 9.10. The summed E-state index contributed by atoms with van der Waals surface area (Å²) in [5.41, 5.74) is 1.87. The van der Waals surface area contributed by atoms with E-state index in [1.807, 2.05) is 13.1 Å². The van der Waals surface area contributed by atoms with Crippen molar-refractivity contribution in [2.75, 3.05) is 7.05 Å². The molecule has 1 nitrogen and oxygen atoms in total. The van der Waals surface area contributed by atoms with Crippen molar-refractivity contribution in [2.24, 2.45) is 16.7 Å². The number of rotatable bonds is 4. The van der Waals surface area contributed by atoms with Gasteiger partial charge in [0.15, 0.2) is 0 Å². The quantitative estimate of drug-likeness (QED) is 0.864. The molecule has 0 saturated heterocycles. The SMILES string of the molecule is CNC(Cc1ccc(F)cc1Br)C1C(C)(C)C1(C)C. The van der Waals surface area contributed by atoms with E-state index in [4.69, 9.17) is 0 Å². The summed E-state index contributed by atoms with van der Waals surface area (Å²) in [4.78, 5) is 0. The van der Waals surface area contributed by atoms with Crippen molar-refractivity contribution in [3.63, 3.8) is 0 Å². The number of nitrogens with one attached hydrogen (secondary N) is 1. The van der Waals surface area contributed by atoms with Crippen LogP contribution in [-0.2, 0) is 6.42 Å². The number of likely N-dealkylation sites (N-methyl/N-ethyl adjacent to an activating group) is 1. The van der Waals surface area contributed by atoms with Crippen molar-refractivity contribution in [1.29, 1.82) is 0 Å². The van der Waals surface area contributed by atoms with Crippen molar-refractivity contribution >= 4 is 15.9 Å². The lowest BCUT2D eigenvalue weighted by molar-refractivity contribution is 0.420. The van der Waals surface area contributed by atoms with Crippen LogP contribution in [0.25, 0.3) is 0 Å². The van der Waals surface area contributed by atoms with Gasteiger partial charge in [0, 0.05) is 10.5 Å². The average molecular weight is 328 g/mol. The highest BCUT2D eigenvalue weighted by Crippen LogP contribution is 2.69. The Hall–Kier alpha value is -0.410. The Kier molecular flexibility index (Phi) is 3.83. The lowest BCUT2D eigenvalue weighted by Gasteiger charge is -2.19. The van der Waals surface area contributed by atoms with Crippen molar-refractivity contribution in [1.82, 2.24) is 5.32 Å². The van der Waals surface area contributed by atoms with E-state index < -0.39 is 0 Å². The molecule has 0 heterocycles. The summed E-state index contributed by atoms with van der Waals surface area (Å²) in [6.45, 7) is 9.34. The van der Waals surface area contributed by atoms with E-state index in [9.17, 15) is 4.39 Å². The van der Waals surface area contributed by atoms with Gasteiger partial charge < -0.3 is 5.32 Å². The fraction of sp³-hybridized carbons (Fsp3) is 0.625. The van der Waals surface area contributed by atoms with Gasteiger partial charge in [0.2, 0.25) is 0 Å². The molecular formula is C16H23BrFN. The van der Waals surface area contributed by atoms with Gasteiger partial charge in [-0.15, -0.1) is 0 Å². The second-order valence-corrected chi connectivity index (χ2v) is 7.61. The van der Waals surface area contributed by atoms with E-state index in [0.717, 1.165) is 10.9 Å². The Labute approximate surface area is 124 Å². The summed E-state index contributed by atoms with van der Waals surface area (Å²) in [6, 6.07) is 5.39. The Bertz CT molecular complexity index is 468. The minimum Gasteiger partial charge on any atom is -0.316 e. The van der Waals surface area contributed by atoms with Gasteiger partial charge in [0.05, 0.1) is 0 Å². The highest BCUT2D eigenvalue weighted by atomic mass is 79.9. The number of halogens is 2. The molecule has 0 bridgehead atoms. The van der Waals surface area contributed by atoms with Crippen LogP contribution in [0.2, 0.25) is 0 Å². The van der Waals surface area contributed by atoms with Crippen LogP contribution in [0.3, 0.4) is 0 Å². The zero-order valence-electron chi connectivity index (χ0n) is 12.3. The zero-order valence-corrected chi connectivity index (χ0v) is 13.9. The van der Waals surface area contributed by atoms with Gasteiger partial charge in [-0.25, -0.2) is 4.39 Å². The molecular weight excluding hydrogens is 305 g/mol. The van der Waals surface area contributed by atoms with Crippen molar-refractivity contribution in [3.8, 4) is 0 Å². The van der Waals surface area contributed by atoms with Crippen LogP contribution in [0.5, 0.6) is 0 Å². The Morgan fingerprint density at radius 2 is 1.84 bits per heavy atom. The predicted molar refractivity (Wildman–Crippen MR) is 81.7 cm³/mol. The maximum atomic E-state index is 13.1. The van der Waals surface area contributed by atoms with Crippen LogP contribution < -0.4 is 5.32 Å². The molecule has 1 aliphatic rings. The molecule has 1 saturated carbocycles. The first-order valence-electron chi connectivity index (χ1n) is 6.83. The Morgan fingerprint density at radius 3 is 2.26 bits per heavy atom. The first-order chi connectivity index (χ1) is 8.71. The molecule has 2 rings (SSSR count). The molecule has 1 aliphatic carbocycles. The van der Waals surface area contributed by atoms with E-state index >= 15 is 0 Å². The monoisotopic (exact) mass is 327 g/mol. The molecule has 1 aromatic carbocycles. The minimum absolute atomic E-state index is 0.191. The standard InChI is InChI=1S/C16H23BrFN/c1-15(2)14(16(15,3)4)13(19-5)8-10-6-7-11(18)9-12(10)17/h6-7,9,13-14,19H,8H2,1-5H3. The van der Waals surface area contributed by atoms with E-state index in [1.165, 1.54) is 11.6 Å². The zero-order chi connectivity index (χ0) is 14.4. The number of benzene rings is 1. The summed E-state index contributed by atoms with van der Waals surface area (Å²) >= 11 is 3.46. The Balaban J connectivity index is 2.17. The fourth-order valence-electron chi connectivity index (χ4n) is 3.56. The second-order valence-electron chi connectivity index (χ2n) is 6.76. The van der Waals surface area contributed by atoms with Crippen LogP contribution >= 0.6 is 15.9 Å². The summed E-state index contributed by atoms with van der Waals surface area (Å²) in [5, 5.41) is 3.45. The van der Waals surface area contributed by atoms with Crippen molar-refractivity contribution in [3.05, 3.63) is 34.1 Å². The first-order valence-corrected chi connectivity index (χ1v) is 7.62. The molecule has 0 amide bonds. The summed E-state index contributed by atoms with van der Waals surface area (Å²) in [5.74, 6) is 0.450. The highest BCUT2D eigenvalue weighted by Gasteiger charge is 2.66. The maximum Gasteiger partial charge on any atom is 0.124 e. The Morgan fingerprint density at radius 1 is 1.26 bits per heavy atom. The largest absolute Gasteiger partial charge is 0.316 e. The molecule has 1 aromatic rings.